The lowest BCUT2D eigenvalue weighted by Gasteiger charge is -2.09. The molecule has 0 bridgehead atoms. The minimum Gasteiger partial charge on any atom is -0.352 e. The second-order valence-electron chi connectivity index (χ2n) is 3.49. The highest BCUT2D eigenvalue weighted by Crippen LogP contribution is 2.18. The molecule has 1 aliphatic carbocycles. The number of nitrogens with one attached hydrogen (secondary N) is 3. The predicted molar refractivity (Wildman–Crippen MR) is 48.6 cm³/mol. The molecular formula is C8H12F3N3O2. The normalized spacial score (nSPS) is 15.4. The van der Waals surface area contributed by atoms with Crippen LogP contribution in [0, 0.1) is 0 Å². The molecule has 0 spiro atoms. The van der Waals surface area contributed by atoms with E-state index in [-0.39, 0.29) is 12.6 Å². The van der Waals surface area contributed by atoms with Gasteiger partial charge in [-0.15, -0.1) is 0 Å². The van der Waals surface area contributed by atoms with Gasteiger partial charge in [-0.25, -0.2) is 4.79 Å². The van der Waals surface area contributed by atoms with Crippen molar-refractivity contribution in [2.45, 2.75) is 25.1 Å². The zero-order chi connectivity index (χ0) is 12.2. The standard InChI is InChI=1S/C8H12F3N3O2/c9-8(10,11)4-13-7(16)12-3-6(15)14-5-1-2-5/h5H,1-4H2,(H,14,15)(H2,12,13,16). The van der Waals surface area contributed by atoms with Crippen LogP contribution in [0.15, 0.2) is 0 Å². The molecule has 0 saturated heterocycles. The van der Waals surface area contributed by atoms with E-state index in [9.17, 15) is 22.8 Å². The van der Waals surface area contributed by atoms with E-state index >= 15 is 0 Å². The molecule has 8 heteroatoms. The molecule has 5 nitrogen and oxygen atoms in total. The monoisotopic (exact) mass is 239 g/mol. The van der Waals surface area contributed by atoms with Crippen molar-refractivity contribution in [1.82, 2.24) is 16.0 Å². The fourth-order valence-corrected chi connectivity index (χ4v) is 0.910. The third-order valence-electron chi connectivity index (χ3n) is 1.80. The molecule has 16 heavy (non-hydrogen) atoms. The van der Waals surface area contributed by atoms with Gasteiger partial charge >= 0.3 is 12.2 Å². The van der Waals surface area contributed by atoms with Crippen LogP contribution < -0.4 is 16.0 Å². The third-order valence-corrected chi connectivity index (χ3v) is 1.80. The van der Waals surface area contributed by atoms with Crippen LogP contribution in [0.1, 0.15) is 12.8 Å². The summed E-state index contributed by atoms with van der Waals surface area (Å²) in [7, 11) is 0. The van der Waals surface area contributed by atoms with Gasteiger partial charge < -0.3 is 16.0 Å². The number of hydrogen-bond acceptors (Lipinski definition) is 2. The smallest absolute Gasteiger partial charge is 0.352 e. The maximum Gasteiger partial charge on any atom is 0.405 e. The molecule has 0 aliphatic heterocycles. The summed E-state index contributed by atoms with van der Waals surface area (Å²) < 4.78 is 35.0. The lowest BCUT2D eigenvalue weighted by Crippen LogP contribution is -2.45. The third kappa shape index (κ3) is 6.10. The summed E-state index contributed by atoms with van der Waals surface area (Å²) >= 11 is 0. The van der Waals surface area contributed by atoms with Gasteiger partial charge in [-0.3, -0.25) is 4.79 Å². The second-order valence-corrected chi connectivity index (χ2v) is 3.49. The van der Waals surface area contributed by atoms with Gasteiger partial charge in [0.05, 0.1) is 6.54 Å². The first-order chi connectivity index (χ1) is 7.37. The van der Waals surface area contributed by atoms with Crippen LogP contribution in [0.2, 0.25) is 0 Å². The van der Waals surface area contributed by atoms with Gasteiger partial charge in [-0.2, -0.15) is 13.2 Å². The summed E-state index contributed by atoms with van der Waals surface area (Å²) in [6.45, 7) is -1.73. The first-order valence-corrected chi connectivity index (χ1v) is 4.74. The molecule has 0 unspecified atom stereocenters. The zero-order valence-corrected chi connectivity index (χ0v) is 8.36. The van der Waals surface area contributed by atoms with Gasteiger partial charge in [0.2, 0.25) is 5.91 Å². The van der Waals surface area contributed by atoms with Crippen molar-refractivity contribution in [2.24, 2.45) is 0 Å². The number of rotatable bonds is 4. The van der Waals surface area contributed by atoms with E-state index in [1.807, 2.05) is 5.32 Å². The number of urea groups is 1. The van der Waals surface area contributed by atoms with Crippen LogP contribution in [0.3, 0.4) is 0 Å². The minimum atomic E-state index is -4.45. The summed E-state index contributed by atoms with van der Waals surface area (Å²) in [6, 6.07) is -0.851. The van der Waals surface area contributed by atoms with Gasteiger partial charge in [0.15, 0.2) is 0 Å². The quantitative estimate of drug-likeness (QED) is 0.652. The van der Waals surface area contributed by atoms with Crippen LogP contribution in [0.5, 0.6) is 0 Å². The summed E-state index contributed by atoms with van der Waals surface area (Å²) in [5.74, 6) is -0.398. The Kier molecular flexibility index (Phi) is 3.97. The Hall–Kier alpha value is -1.47. The second kappa shape index (κ2) is 5.04. The minimum absolute atomic E-state index is 0.160. The molecule has 0 radical (unpaired) electrons. The number of carbonyl (C=O) groups is 2. The Labute approximate surface area is 89.8 Å². The molecule has 0 heterocycles. The van der Waals surface area contributed by atoms with Gasteiger partial charge in [-0.1, -0.05) is 0 Å². The lowest BCUT2D eigenvalue weighted by molar-refractivity contribution is -0.122. The van der Waals surface area contributed by atoms with E-state index in [4.69, 9.17) is 0 Å². The van der Waals surface area contributed by atoms with E-state index < -0.39 is 24.7 Å². The van der Waals surface area contributed by atoms with Crippen LogP contribution in [-0.4, -0.2) is 37.2 Å². The van der Waals surface area contributed by atoms with Gasteiger partial charge in [0, 0.05) is 6.04 Å². The van der Waals surface area contributed by atoms with Crippen molar-refractivity contribution in [3.63, 3.8) is 0 Å². The van der Waals surface area contributed by atoms with Gasteiger partial charge in [0.25, 0.3) is 0 Å². The van der Waals surface area contributed by atoms with Crippen molar-refractivity contribution in [3.05, 3.63) is 0 Å². The van der Waals surface area contributed by atoms with Gasteiger partial charge in [-0.05, 0) is 12.8 Å². The van der Waals surface area contributed by atoms with Crippen molar-refractivity contribution >= 4 is 11.9 Å². The summed E-state index contributed by atoms with van der Waals surface area (Å²) in [6.07, 6.45) is -2.63. The van der Waals surface area contributed by atoms with E-state index in [1.54, 1.807) is 5.32 Å². The first kappa shape index (κ1) is 12.6. The number of halogens is 3. The van der Waals surface area contributed by atoms with Crippen LogP contribution in [0.4, 0.5) is 18.0 Å². The largest absolute Gasteiger partial charge is 0.405 e. The lowest BCUT2D eigenvalue weighted by atomic mass is 10.5. The maximum absolute atomic E-state index is 11.7. The fourth-order valence-electron chi connectivity index (χ4n) is 0.910. The molecular weight excluding hydrogens is 227 g/mol. The van der Waals surface area contributed by atoms with Gasteiger partial charge in [0.1, 0.15) is 6.54 Å². The Morgan fingerprint density at radius 2 is 1.81 bits per heavy atom. The highest BCUT2D eigenvalue weighted by Gasteiger charge is 2.28. The molecule has 1 aliphatic rings. The van der Waals surface area contributed by atoms with Crippen molar-refractivity contribution in [3.8, 4) is 0 Å². The Morgan fingerprint density at radius 1 is 1.19 bits per heavy atom. The molecule has 0 aromatic rings. The molecule has 1 saturated carbocycles. The first-order valence-electron chi connectivity index (χ1n) is 4.74. The highest BCUT2D eigenvalue weighted by atomic mass is 19.4. The van der Waals surface area contributed by atoms with Crippen LogP contribution in [0.25, 0.3) is 0 Å². The summed E-state index contributed by atoms with van der Waals surface area (Å²) in [5.41, 5.74) is 0. The highest BCUT2D eigenvalue weighted by molar-refractivity contribution is 5.84. The zero-order valence-electron chi connectivity index (χ0n) is 8.36. The van der Waals surface area contributed by atoms with E-state index in [0.29, 0.717) is 0 Å². The molecule has 3 amide bonds. The number of hydrogen-bond donors (Lipinski definition) is 3. The SMILES string of the molecule is O=C(CNC(=O)NCC(F)(F)F)NC1CC1. The summed E-state index contributed by atoms with van der Waals surface area (Å²) in [5, 5.41) is 6.20. The number of amides is 3. The van der Waals surface area contributed by atoms with E-state index in [0.717, 1.165) is 12.8 Å². The molecule has 0 aromatic carbocycles. The van der Waals surface area contributed by atoms with Crippen molar-refractivity contribution < 1.29 is 22.8 Å². The predicted octanol–water partition coefficient (Wildman–Crippen LogP) is 0.126. The molecule has 3 N–H and O–H groups in total. The van der Waals surface area contributed by atoms with Crippen LogP contribution in [-0.2, 0) is 4.79 Å². The summed E-state index contributed by atoms with van der Waals surface area (Å²) in [4.78, 5) is 21.8. The Bertz CT molecular complexity index is 276. The van der Waals surface area contributed by atoms with Crippen molar-refractivity contribution in [2.75, 3.05) is 13.1 Å². The number of carbonyl (C=O) groups excluding carboxylic acids is 2. The molecule has 1 fully saturated rings. The molecule has 1 rings (SSSR count). The van der Waals surface area contributed by atoms with Crippen molar-refractivity contribution in [1.29, 1.82) is 0 Å². The Morgan fingerprint density at radius 3 is 2.31 bits per heavy atom. The average Bonchev–Trinajstić information content (AvgIpc) is 2.94. The maximum atomic E-state index is 11.7. The van der Waals surface area contributed by atoms with E-state index in [1.165, 1.54) is 0 Å². The topological polar surface area (TPSA) is 70.2 Å². The fraction of sp³-hybridized carbons (Fsp3) is 0.750. The van der Waals surface area contributed by atoms with E-state index in [2.05, 4.69) is 5.32 Å². The Balaban J connectivity index is 2.07. The van der Waals surface area contributed by atoms with Crippen LogP contribution >= 0.6 is 0 Å². The molecule has 0 aromatic heterocycles. The number of alkyl halides is 3. The molecule has 92 valence electrons. The average molecular weight is 239 g/mol. The molecule has 0 atom stereocenters.